The Balaban J connectivity index is 1.90. The van der Waals surface area contributed by atoms with E-state index in [0.717, 1.165) is 17.7 Å². The van der Waals surface area contributed by atoms with Gasteiger partial charge in [-0.1, -0.05) is 19.4 Å². The molecule has 2 aromatic heterocycles. The molecule has 22 heavy (non-hydrogen) atoms. The fraction of sp³-hybridized carbons (Fsp3) is 0.333. The molecule has 2 rings (SSSR count). The van der Waals surface area contributed by atoms with E-state index in [-0.39, 0.29) is 5.75 Å². The van der Waals surface area contributed by atoms with E-state index in [0.29, 0.717) is 18.8 Å². The van der Waals surface area contributed by atoms with Crippen molar-refractivity contribution in [2.75, 3.05) is 15.8 Å². The van der Waals surface area contributed by atoms with Gasteiger partial charge in [-0.25, -0.2) is 13.4 Å². The van der Waals surface area contributed by atoms with E-state index in [2.05, 4.69) is 20.0 Å². The van der Waals surface area contributed by atoms with Crippen molar-refractivity contribution in [3.05, 3.63) is 48.4 Å². The van der Waals surface area contributed by atoms with E-state index in [1.165, 1.54) is 0 Å². The number of anilines is 2. The number of hydrogen-bond donors (Lipinski definition) is 2. The normalized spacial score (nSPS) is 11.1. The number of nitrogens with zero attached hydrogens (tertiary/aromatic N) is 2. The molecule has 0 unspecified atom stereocenters. The summed E-state index contributed by atoms with van der Waals surface area (Å²) in [5, 5.41) is 3.21. The second-order valence-corrected chi connectivity index (χ2v) is 6.76. The molecule has 0 amide bonds. The number of aromatic nitrogens is 2. The number of nitrogens with one attached hydrogen (secondary N) is 2. The summed E-state index contributed by atoms with van der Waals surface area (Å²) in [6.07, 6.45) is 6.60. The van der Waals surface area contributed by atoms with Gasteiger partial charge >= 0.3 is 0 Å². The van der Waals surface area contributed by atoms with Gasteiger partial charge in [-0.15, -0.1) is 0 Å². The zero-order valence-corrected chi connectivity index (χ0v) is 13.3. The number of rotatable bonds is 8. The lowest BCUT2D eigenvalue weighted by Gasteiger charge is -2.09. The second-order valence-electron chi connectivity index (χ2n) is 4.92. The molecule has 0 bridgehead atoms. The summed E-state index contributed by atoms with van der Waals surface area (Å²) in [5.41, 5.74) is 1.88. The number of hydrogen-bond acceptors (Lipinski definition) is 5. The molecule has 0 aromatic carbocycles. The number of unbranched alkanes of at least 4 members (excludes halogenated alkanes) is 1. The van der Waals surface area contributed by atoms with Crippen molar-refractivity contribution in [2.24, 2.45) is 0 Å². The molecule has 0 aliphatic rings. The van der Waals surface area contributed by atoms with Crippen molar-refractivity contribution in [3.8, 4) is 0 Å². The van der Waals surface area contributed by atoms with Crippen molar-refractivity contribution in [1.29, 1.82) is 0 Å². The minimum absolute atomic E-state index is 0.117. The van der Waals surface area contributed by atoms with E-state index in [9.17, 15) is 8.42 Å². The van der Waals surface area contributed by atoms with Gasteiger partial charge in [0.05, 0.1) is 17.6 Å². The second kappa shape index (κ2) is 7.74. The molecule has 0 saturated carbocycles. The third-order valence-electron chi connectivity index (χ3n) is 3.01. The van der Waals surface area contributed by atoms with Gasteiger partial charge in [-0.05, 0) is 30.2 Å². The molecule has 0 spiro atoms. The first-order valence-electron chi connectivity index (χ1n) is 7.18. The molecule has 2 heterocycles. The average molecular weight is 320 g/mol. The Kier molecular flexibility index (Phi) is 5.71. The fourth-order valence-corrected chi connectivity index (χ4v) is 3.02. The topological polar surface area (TPSA) is 84.0 Å². The summed E-state index contributed by atoms with van der Waals surface area (Å²) in [6.45, 7) is 2.59. The highest BCUT2D eigenvalue weighted by Gasteiger charge is 2.10. The van der Waals surface area contributed by atoms with Crippen LogP contribution in [0.4, 0.5) is 11.5 Å². The lowest BCUT2D eigenvalue weighted by atomic mass is 10.3. The number of sulfonamides is 1. The van der Waals surface area contributed by atoms with E-state index >= 15 is 0 Å². The van der Waals surface area contributed by atoms with Crippen LogP contribution in [-0.4, -0.2) is 24.1 Å². The Bertz CT molecular complexity index is 672. The Morgan fingerprint density at radius 3 is 2.68 bits per heavy atom. The van der Waals surface area contributed by atoms with Gasteiger partial charge in [0, 0.05) is 18.9 Å². The summed E-state index contributed by atoms with van der Waals surface area (Å²) in [4.78, 5) is 8.16. The molecular formula is C15H20N4O2S. The van der Waals surface area contributed by atoms with Gasteiger partial charge in [0.1, 0.15) is 5.82 Å². The van der Waals surface area contributed by atoms with Gasteiger partial charge in [0.2, 0.25) is 10.0 Å². The molecule has 0 aliphatic carbocycles. The van der Waals surface area contributed by atoms with Crippen LogP contribution < -0.4 is 10.0 Å². The standard InChI is InChI=1S/C15H20N4O2S/c1-2-3-9-22(20,21)19-15-7-6-14(12-18-15)17-11-13-5-4-8-16-10-13/h4-8,10,12,17H,2-3,9,11H2,1H3,(H,18,19). The van der Waals surface area contributed by atoms with Crippen LogP contribution in [0.2, 0.25) is 0 Å². The summed E-state index contributed by atoms with van der Waals surface area (Å²) in [5.74, 6) is 0.453. The fourth-order valence-electron chi connectivity index (χ4n) is 1.81. The monoisotopic (exact) mass is 320 g/mol. The van der Waals surface area contributed by atoms with Crippen LogP contribution in [0.5, 0.6) is 0 Å². The van der Waals surface area contributed by atoms with Crippen molar-refractivity contribution in [3.63, 3.8) is 0 Å². The van der Waals surface area contributed by atoms with Crippen molar-refractivity contribution in [1.82, 2.24) is 9.97 Å². The molecule has 118 valence electrons. The summed E-state index contributed by atoms with van der Waals surface area (Å²) in [6, 6.07) is 7.29. The summed E-state index contributed by atoms with van der Waals surface area (Å²) < 4.78 is 26.0. The smallest absolute Gasteiger partial charge is 0.233 e. The van der Waals surface area contributed by atoms with Crippen molar-refractivity contribution >= 4 is 21.5 Å². The SMILES string of the molecule is CCCCS(=O)(=O)Nc1ccc(NCc2cccnc2)cn1. The van der Waals surface area contributed by atoms with Crippen molar-refractivity contribution < 1.29 is 8.42 Å². The van der Waals surface area contributed by atoms with Gasteiger partial charge in [-0.2, -0.15) is 0 Å². The third-order valence-corrected chi connectivity index (χ3v) is 4.36. The van der Waals surface area contributed by atoms with E-state index in [4.69, 9.17) is 0 Å². The molecule has 0 fully saturated rings. The van der Waals surface area contributed by atoms with Crippen LogP contribution in [0.3, 0.4) is 0 Å². The van der Waals surface area contributed by atoms with Crippen LogP contribution in [0, 0.1) is 0 Å². The van der Waals surface area contributed by atoms with Crippen LogP contribution in [0.15, 0.2) is 42.9 Å². The maximum Gasteiger partial charge on any atom is 0.233 e. The quantitative estimate of drug-likeness (QED) is 0.781. The Morgan fingerprint density at radius 1 is 1.18 bits per heavy atom. The maximum atomic E-state index is 11.8. The highest BCUT2D eigenvalue weighted by molar-refractivity contribution is 7.92. The largest absolute Gasteiger partial charge is 0.380 e. The first-order chi connectivity index (χ1) is 10.6. The Hall–Kier alpha value is -2.15. The molecule has 0 aliphatic heterocycles. The molecule has 0 saturated heterocycles. The number of pyridine rings is 2. The molecule has 0 atom stereocenters. The molecule has 7 heteroatoms. The summed E-state index contributed by atoms with van der Waals surface area (Å²) in [7, 11) is -3.31. The maximum absolute atomic E-state index is 11.8. The van der Waals surface area contributed by atoms with Gasteiger partial charge in [0.25, 0.3) is 0 Å². The Labute approximate surface area is 131 Å². The van der Waals surface area contributed by atoms with E-state index in [1.54, 1.807) is 30.7 Å². The lowest BCUT2D eigenvalue weighted by molar-refractivity contribution is 0.597. The van der Waals surface area contributed by atoms with Crippen LogP contribution in [0.1, 0.15) is 25.3 Å². The molecule has 0 radical (unpaired) electrons. The first-order valence-corrected chi connectivity index (χ1v) is 8.83. The molecule has 2 N–H and O–H groups in total. The predicted molar refractivity (Wildman–Crippen MR) is 88.1 cm³/mol. The highest BCUT2D eigenvalue weighted by atomic mass is 32.2. The van der Waals surface area contributed by atoms with Crippen LogP contribution >= 0.6 is 0 Å². The van der Waals surface area contributed by atoms with Gasteiger partial charge in [-0.3, -0.25) is 9.71 Å². The van der Waals surface area contributed by atoms with Crippen LogP contribution in [-0.2, 0) is 16.6 Å². The highest BCUT2D eigenvalue weighted by Crippen LogP contribution is 2.12. The van der Waals surface area contributed by atoms with E-state index in [1.807, 2.05) is 19.1 Å². The zero-order chi connectivity index (χ0) is 15.8. The molecule has 2 aromatic rings. The molecular weight excluding hydrogens is 300 g/mol. The lowest BCUT2D eigenvalue weighted by Crippen LogP contribution is -2.17. The van der Waals surface area contributed by atoms with Gasteiger partial charge in [0.15, 0.2) is 0 Å². The minimum atomic E-state index is -3.31. The van der Waals surface area contributed by atoms with Crippen LogP contribution in [0.25, 0.3) is 0 Å². The van der Waals surface area contributed by atoms with Gasteiger partial charge < -0.3 is 5.32 Å². The van der Waals surface area contributed by atoms with E-state index < -0.39 is 10.0 Å². The third kappa shape index (κ3) is 5.33. The summed E-state index contributed by atoms with van der Waals surface area (Å²) >= 11 is 0. The molecule has 6 nitrogen and oxygen atoms in total. The minimum Gasteiger partial charge on any atom is -0.380 e. The Morgan fingerprint density at radius 2 is 2.05 bits per heavy atom. The first kappa shape index (κ1) is 16.2. The predicted octanol–water partition coefficient (Wildman–Crippen LogP) is 2.63. The zero-order valence-electron chi connectivity index (χ0n) is 12.5. The average Bonchev–Trinajstić information content (AvgIpc) is 2.53. The van der Waals surface area contributed by atoms with Crippen molar-refractivity contribution in [2.45, 2.75) is 26.3 Å².